The van der Waals surface area contributed by atoms with Gasteiger partial charge in [0.1, 0.15) is 39.3 Å². The van der Waals surface area contributed by atoms with Crippen molar-refractivity contribution in [2.75, 3.05) is 24.9 Å². The van der Waals surface area contributed by atoms with E-state index in [9.17, 15) is 14.6 Å². The zero-order valence-electron chi connectivity index (χ0n) is 21.3. The first-order valence-electron chi connectivity index (χ1n) is 11.8. The van der Waals surface area contributed by atoms with Crippen molar-refractivity contribution >= 4 is 27.6 Å². The molecule has 1 atom stereocenters. The van der Waals surface area contributed by atoms with Crippen molar-refractivity contribution in [2.45, 2.75) is 25.9 Å². The molecule has 0 aliphatic rings. The predicted octanol–water partition coefficient (Wildman–Crippen LogP) is 6.67. The highest BCUT2D eigenvalue weighted by molar-refractivity contribution is 9.10. The molecule has 4 rings (SSSR count). The molecule has 10 heteroatoms. The molecule has 2 aromatic heterocycles. The van der Waals surface area contributed by atoms with Crippen molar-refractivity contribution in [1.29, 1.82) is 0 Å². The second-order valence-electron chi connectivity index (χ2n) is 8.07. The number of nitrogens with one attached hydrogen (secondary N) is 2. The van der Waals surface area contributed by atoms with Gasteiger partial charge >= 0.3 is 0 Å². The average molecular weight is 585 g/mol. The number of aromatic hydroxyl groups is 2. The molecule has 0 amide bonds. The van der Waals surface area contributed by atoms with Crippen LogP contribution in [0.3, 0.4) is 0 Å². The predicted molar refractivity (Wildman–Crippen MR) is 149 cm³/mol. The van der Waals surface area contributed by atoms with Gasteiger partial charge < -0.3 is 30.3 Å². The fourth-order valence-electron chi connectivity index (χ4n) is 3.52. The molecular formula is C28H30BrFN4O4. The Labute approximate surface area is 229 Å². The normalized spacial score (nSPS) is 11.1. The third kappa shape index (κ3) is 8.24. The molecule has 0 aliphatic carbocycles. The lowest BCUT2D eigenvalue weighted by Gasteiger charge is -2.19. The van der Waals surface area contributed by atoms with Gasteiger partial charge in [-0.05, 0) is 52.7 Å². The molecule has 0 bridgehead atoms. The van der Waals surface area contributed by atoms with Crippen molar-refractivity contribution in [2.24, 2.45) is 0 Å². The zero-order chi connectivity index (χ0) is 27.5. The van der Waals surface area contributed by atoms with E-state index in [4.69, 9.17) is 9.47 Å². The minimum absolute atomic E-state index is 0.0636. The summed E-state index contributed by atoms with van der Waals surface area (Å²) < 4.78 is 24.2. The number of aromatic nitrogens is 2. The second kappa shape index (κ2) is 14.0. The highest BCUT2D eigenvalue weighted by Gasteiger charge is 2.15. The summed E-state index contributed by atoms with van der Waals surface area (Å²) in [5.74, 6) is 2.46. The first-order chi connectivity index (χ1) is 18.3. The SMILES string of the molecule is CCC(Nc1cccc(OC)n1)c1cc(F)ccc1O.COc1cc(Br)nc(NCc2ccccc2O)c1. The van der Waals surface area contributed by atoms with E-state index in [0.717, 1.165) is 11.3 Å². The number of benzene rings is 2. The van der Waals surface area contributed by atoms with Crippen molar-refractivity contribution in [1.82, 2.24) is 9.97 Å². The summed E-state index contributed by atoms with van der Waals surface area (Å²) >= 11 is 3.31. The van der Waals surface area contributed by atoms with E-state index in [0.29, 0.717) is 40.6 Å². The topological polar surface area (TPSA) is 109 Å². The van der Waals surface area contributed by atoms with E-state index in [2.05, 4.69) is 36.5 Å². The Morgan fingerprint density at radius 2 is 1.68 bits per heavy atom. The third-order valence-corrected chi connectivity index (χ3v) is 5.89. The molecule has 4 N–H and O–H groups in total. The summed E-state index contributed by atoms with van der Waals surface area (Å²) in [4.78, 5) is 8.52. The van der Waals surface area contributed by atoms with Gasteiger partial charge in [0.25, 0.3) is 0 Å². The van der Waals surface area contributed by atoms with Gasteiger partial charge in [0.15, 0.2) is 0 Å². The Balaban J connectivity index is 0.000000212. The number of hydrogen-bond donors (Lipinski definition) is 4. The Hall–Kier alpha value is -4.05. The number of ether oxygens (including phenoxy) is 2. The van der Waals surface area contributed by atoms with Crippen LogP contribution in [0.25, 0.3) is 0 Å². The van der Waals surface area contributed by atoms with Crippen LogP contribution in [-0.2, 0) is 6.54 Å². The van der Waals surface area contributed by atoms with Crippen LogP contribution >= 0.6 is 15.9 Å². The van der Waals surface area contributed by atoms with Crippen LogP contribution in [0.15, 0.2) is 77.4 Å². The molecule has 0 spiro atoms. The quantitative estimate of drug-likeness (QED) is 0.161. The maximum absolute atomic E-state index is 13.3. The molecule has 200 valence electrons. The number of hydrogen-bond acceptors (Lipinski definition) is 8. The monoisotopic (exact) mass is 584 g/mol. The smallest absolute Gasteiger partial charge is 0.214 e. The number of phenols is 2. The van der Waals surface area contributed by atoms with Gasteiger partial charge in [-0.1, -0.05) is 31.2 Å². The number of halogens is 2. The van der Waals surface area contributed by atoms with Crippen LogP contribution in [0.5, 0.6) is 23.1 Å². The Bertz CT molecular complexity index is 1340. The molecular weight excluding hydrogens is 555 g/mol. The minimum Gasteiger partial charge on any atom is -0.508 e. The number of nitrogens with zero attached hydrogens (tertiary/aromatic N) is 2. The molecule has 0 saturated carbocycles. The summed E-state index contributed by atoms with van der Waals surface area (Å²) in [5.41, 5.74) is 1.33. The lowest BCUT2D eigenvalue weighted by Crippen LogP contribution is -2.11. The van der Waals surface area contributed by atoms with Crippen LogP contribution in [0.2, 0.25) is 0 Å². The Kier molecular flexibility index (Phi) is 10.5. The molecule has 38 heavy (non-hydrogen) atoms. The van der Waals surface area contributed by atoms with Gasteiger partial charge in [0.05, 0.1) is 20.3 Å². The summed E-state index contributed by atoms with van der Waals surface area (Å²) in [6.07, 6.45) is 0.676. The fraction of sp³-hybridized carbons (Fsp3) is 0.214. The van der Waals surface area contributed by atoms with Gasteiger partial charge in [0.2, 0.25) is 5.88 Å². The zero-order valence-corrected chi connectivity index (χ0v) is 22.9. The number of methoxy groups -OCH3 is 2. The lowest BCUT2D eigenvalue weighted by atomic mass is 10.0. The van der Waals surface area contributed by atoms with Crippen LogP contribution in [-0.4, -0.2) is 34.4 Å². The summed E-state index contributed by atoms with van der Waals surface area (Å²) in [7, 11) is 3.15. The Morgan fingerprint density at radius 3 is 2.39 bits per heavy atom. The maximum atomic E-state index is 13.3. The van der Waals surface area contributed by atoms with Gasteiger partial charge in [-0.15, -0.1) is 0 Å². The first-order valence-corrected chi connectivity index (χ1v) is 12.6. The van der Waals surface area contributed by atoms with Crippen molar-refractivity contribution in [3.63, 3.8) is 0 Å². The number of anilines is 2. The summed E-state index contributed by atoms with van der Waals surface area (Å²) in [6, 6.07) is 19.8. The second-order valence-corrected chi connectivity index (χ2v) is 8.88. The summed E-state index contributed by atoms with van der Waals surface area (Å²) in [5, 5.41) is 25.8. The maximum Gasteiger partial charge on any atom is 0.214 e. The van der Waals surface area contributed by atoms with Crippen LogP contribution in [0.4, 0.5) is 16.0 Å². The standard InChI is InChI=1S/C15H17FN2O2.C13H13BrN2O2/c1-3-12(11-9-10(16)7-8-13(11)19)17-14-5-4-6-15(18-14)20-2;1-18-10-6-12(14)16-13(7-10)15-8-9-4-2-3-5-11(9)17/h4-9,12,19H,3H2,1-2H3,(H,17,18);2-7,17H,8H2,1H3,(H,15,16). The largest absolute Gasteiger partial charge is 0.508 e. The molecule has 1 unspecified atom stereocenters. The molecule has 2 heterocycles. The Morgan fingerprint density at radius 1 is 0.895 bits per heavy atom. The van der Waals surface area contributed by atoms with E-state index in [1.165, 1.54) is 18.2 Å². The van der Waals surface area contributed by atoms with E-state index in [1.54, 1.807) is 50.6 Å². The van der Waals surface area contributed by atoms with E-state index in [-0.39, 0.29) is 23.4 Å². The van der Waals surface area contributed by atoms with Crippen LogP contribution in [0, 0.1) is 5.82 Å². The molecule has 4 aromatic rings. The molecule has 0 saturated heterocycles. The van der Waals surface area contributed by atoms with Crippen LogP contribution < -0.4 is 20.1 Å². The third-order valence-electron chi connectivity index (χ3n) is 5.48. The molecule has 0 aliphatic heterocycles. The highest BCUT2D eigenvalue weighted by Crippen LogP contribution is 2.30. The highest BCUT2D eigenvalue weighted by atomic mass is 79.9. The number of phenolic OH excluding ortho intramolecular Hbond substituents is 2. The van der Waals surface area contributed by atoms with Gasteiger partial charge in [-0.25, -0.2) is 9.37 Å². The van der Waals surface area contributed by atoms with E-state index < -0.39 is 0 Å². The first kappa shape index (κ1) is 28.5. The van der Waals surface area contributed by atoms with Crippen molar-refractivity contribution in [3.05, 3.63) is 94.3 Å². The lowest BCUT2D eigenvalue weighted by molar-refractivity contribution is 0.398. The summed E-state index contributed by atoms with van der Waals surface area (Å²) in [6.45, 7) is 2.45. The fourth-order valence-corrected chi connectivity index (χ4v) is 3.94. The number of rotatable bonds is 9. The number of para-hydroxylation sites is 1. The van der Waals surface area contributed by atoms with E-state index in [1.807, 2.05) is 25.1 Å². The molecule has 0 radical (unpaired) electrons. The van der Waals surface area contributed by atoms with Crippen LogP contribution in [0.1, 0.15) is 30.5 Å². The molecule has 2 aromatic carbocycles. The van der Waals surface area contributed by atoms with Crippen molar-refractivity contribution in [3.8, 4) is 23.1 Å². The van der Waals surface area contributed by atoms with Crippen molar-refractivity contribution < 1.29 is 24.1 Å². The number of pyridine rings is 2. The molecule has 0 fully saturated rings. The van der Waals surface area contributed by atoms with Gasteiger partial charge in [-0.3, -0.25) is 0 Å². The van der Waals surface area contributed by atoms with Gasteiger partial charge in [0, 0.05) is 35.9 Å². The molecule has 8 nitrogen and oxygen atoms in total. The van der Waals surface area contributed by atoms with E-state index >= 15 is 0 Å². The average Bonchev–Trinajstić information content (AvgIpc) is 2.93. The minimum atomic E-state index is -0.378. The van der Waals surface area contributed by atoms with Gasteiger partial charge in [-0.2, -0.15) is 4.98 Å².